The zero-order valence-electron chi connectivity index (χ0n) is 9.31. The Hall–Kier alpha value is -1.15. The quantitative estimate of drug-likeness (QED) is 0.778. The molecule has 1 atom stereocenters. The highest BCUT2D eigenvalue weighted by atomic mass is 35.5. The fourth-order valence-corrected chi connectivity index (χ4v) is 1.60. The molecule has 0 saturated heterocycles. The van der Waals surface area contributed by atoms with E-state index in [2.05, 4.69) is 15.5 Å². The second kappa shape index (κ2) is 5.46. The van der Waals surface area contributed by atoms with E-state index in [0.717, 1.165) is 6.26 Å². The molecule has 0 aliphatic heterocycles. The molecule has 17 heavy (non-hydrogen) atoms. The number of carbonyl (C=O) groups is 1. The molecule has 0 aliphatic carbocycles. The number of hydrogen-bond donors (Lipinski definition) is 1. The Morgan fingerprint density at radius 1 is 1.53 bits per heavy atom. The molecule has 0 radical (unpaired) electrons. The minimum absolute atomic E-state index is 0.0355. The van der Waals surface area contributed by atoms with Crippen LogP contribution >= 0.6 is 11.6 Å². The number of halogens is 1. The maximum Gasteiger partial charge on any atom is 0.335 e. The predicted molar refractivity (Wildman–Crippen MR) is 59.3 cm³/mol. The average Bonchev–Trinajstić information content (AvgIpc) is 2.65. The molecule has 1 aromatic heterocycles. The number of amides is 1. The van der Waals surface area contributed by atoms with Gasteiger partial charge in [0.2, 0.25) is 21.6 Å². The molecule has 0 unspecified atom stereocenters. The van der Waals surface area contributed by atoms with Gasteiger partial charge < -0.3 is 9.73 Å². The summed E-state index contributed by atoms with van der Waals surface area (Å²) in [5.41, 5.74) is 0. The Morgan fingerprint density at radius 3 is 2.65 bits per heavy atom. The summed E-state index contributed by atoms with van der Waals surface area (Å²) in [5.74, 6) is -0.0308. The summed E-state index contributed by atoms with van der Waals surface area (Å²) >= 11 is 5.40. The third-order valence-corrected chi connectivity index (χ3v) is 2.80. The smallest absolute Gasteiger partial charge is 0.335 e. The first-order valence-corrected chi connectivity index (χ1v) is 7.16. The molecule has 1 rings (SSSR count). The van der Waals surface area contributed by atoms with Crippen molar-refractivity contribution in [2.75, 3.05) is 12.1 Å². The minimum Gasteiger partial charge on any atom is -0.410 e. The summed E-state index contributed by atoms with van der Waals surface area (Å²) in [4.78, 5) is 11.2. The van der Waals surface area contributed by atoms with E-state index in [4.69, 9.17) is 16.0 Å². The van der Waals surface area contributed by atoms with Gasteiger partial charge >= 0.3 is 5.22 Å². The predicted octanol–water partition coefficient (Wildman–Crippen LogP) is 0.279. The summed E-state index contributed by atoms with van der Waals surface area (Å²) in [7, 11) is -3.53. The van der Waals surface area contributed by atoms with Crippen molar-refractivity contribution in [3.05, 3.63) is 5.89 Å². The van der Waals surface area contributed by atoms with Crippen LogP contribution in [0.4, 0.5) is 0 Å². The Bertz CT molecular complexity index is 499. The van der Waals surface area contributed by atoms with E-state index < -0.39 is 21.1 Å². The largest absolute Gasteiger partial charge is 0.410 e. The summed E-state index contributed by atoms with van der Waals surface area (Å²) < 4.78 is 27.1. The molecule has 0 saturated carbocycles. The van der Waals surface area contributed by atoms with Crippen molar-refractivity contribution in [3.63, 3.8) is 0 Å². The molecule has 1 heterocycles. The van der Waals surface area contributed by atoms with Crippen molar-refractivity contribution in [2.24, 2.45) is 0 Å². The van der Waals surface area contributed by atoms with E-state index in [-0.39, 0.29) is 24.1 Å². The minimum atomic E-state index is -3.53. The van der Waals surface area contributed by atoms with Crippen LogP contribution in [0.2, 0.25) is 0 Å². The first kappa shape index (κ1) is 13.9. The molecular weight excluding hydrogens is 270 g/mol. The van der Waals surface area contributed by atoms with Crippen LogP contribution in [0.1, 0.15) is 25.3 Å². The van der Waals surface area contributed by atoms with Gasteiger partial charge in [-0.25, -0.2) is 8.42 Å². The van der Waals surface area contributed by atoms with E-state index in [1.165, 1.54) is 0 Å². The number of aromatic nitrogens is 2. The molecule has 0 spiro atoms. The van der Waals surface area contributed by atoms with E-state index in [9.17, 15) is 13.2 Å². The van der Waals surface area contributed by atoms with Gasteiger partial charge in [-0.2, -0.15) is 0 Å². The van der Waals surface area contributed by atoms with Crippen molar-refractivity contribution >= 4 is 27.3 Å². The zero-order chi connectivity index (χ0) is 13.1. The van der Waals surface area contributed by atoms with Crippen LogP contribution in [-0.4, -0.2) is 36.7 Å². The first-order valence-electron chi connectivity index (χ1n) is 4.73. The van der Waals surface area contributed by atoms with Crippen molar-refractivity contribution in [1.29, 1.82) is 0 Å². The summed E-state index contributed by atoms with van der Waals surface area (Å²) in [5, 5.41) is 9.01. The number of alkyl halides is 1. The molecule has 1 amide bonds. The van der Waals surface area contributed by atoms with Crippen LogP contribution in [0.15, 0.2) is 9.64 Å². The van der Waals surface area contributed by atoms with Crippen molar-refractivity contribution in [3.8, 4) is 0 Å². The fraction of sp³-hybridized carbons (Fsp3) is 0.625. The topological polar surface area (TPSA) is 102 Å². The Kier molecular flexibility index (Phi) is 4.47. The van der Waals surface area contributed by atoms with Crippen LogP contribution in [0, 0.1) is 0 Å². The van der Waals surface area contributed by atoms with Crippen LogP contribution in [-0.2, 0) is 14.6 Å². The van der Waals surface area contributed by atoms with Gasteiger partial charge in [0.15, 0.2) is 0 Å². The van der Waals surface area contributed by atoms with Crippen LogP contribution < -0.4 is 5.32 Å². The maximum atomic E-state index is 11.2. The standard InChI is InChI=1S/C8H12ClN3O4S/c1-5(10-6(13)3-4-9)7-11-12-8(16-7)17(2,14)15/h5H,3-4H2,1-2H3,(H,10,13)/t5-/m0/s1. The lowest BCUT2D eigenvalue weighted by Gasteiger charge is -2.08. The van der Waals surface area contributed by atoms with Crippen molar-refractivity contribution in [1.82, 2.24) is 15.5 Å². The van der Waals surface area contributed by atoms with Crippen LogP contribution in [0.5, 0.6) is 0 Å². The number of rotatable bonds is 5. The second-order valence-corrected chi connectivity index (χ2v) is 5.68. The number of carbonyl (C=O) groups excluding carboxylic acids is 1. The monoisotopic (exact) mass is 281 g/mol. The molecular formula is C8H12ClN3O4S. The average molecular weight is 282 g/mol. The van der Waals surface area contributed by atoms with Crippen LogP contribution in [0.3, 0.4) is 0 Å². The first-order chi connectivity index (χ1) is 7.84. The van der Waals surface area contributed by atoms with Gasteiger partial charge in [0.05, 0.1) is 0 Å². The molecule has 0 bridgehead atoms. The normalized spacial score (nSPS) is 13.4. The molecule has 0 fully saturated rings. The third kappa shape index (κ3) is 3.97. The lowest BCUT2D eigenvalue weighted by molar-refractivity contribution is -0.121. The summed E-state index contributed by atoms with van der Waals surface area (Å²) in [6.07, 6.45) is 1.13. The molecule has 0 aliphatic rings. The molecule has 96 valence electrons. The van der Waals surface area contributed by atoms with Crippen molar-refractivity contribution in [2.45, 2.75) is 24.6 Å². The second-order valence-electron chi connectivity index (χ2n) is 3.41. The number of nitrogens with one attached hydrogen (secondary N) is 1. The highest BCUT2D eigenvalue weighted by Crippen LogP contribution is 2.13. The van der Waals surface area contributed by atoms with Gasteiger partial charge in [0, 0.05) is 18.6 Å². The van der Waals surface area contributed by atoms with E-state index in [0.29, 0.717) is 0 Å². The van der Waals surface area contributed by atoms with Gasteiger partial charge in [0.25, 0.3) is 0 Å². The highest BCUT2D eigenvalue weighted by Gasteiger charge is 2.20. The van der Waals surface area contributed by atoms with Crippen molar-refractivity contribution < 1.29 is 17.6 Å². The SMILES string of the molecule is C[C@H](NC(=O)CCCl)c1nnc(S(C)(=O)=O)o1. The number of sulfone groups is 1. The highest BCUT2D eigenvalue weighted by molar-refractivity contribution is 7.90. The molecule has 9 heteroatoms. The molecule has 1 aromatic rings. The lowest BCUT2D eigenvalue weighted by Crippen LogP contribution is -2.26. The summed E-state index contributed by atoms with van der Waals surface area (Å²) in [6.45, 7) is 1.60. The summed E-state index contributed by atoms with van der Waals surface area (Å²) in [6, 6.07) is -0.561. The van der Waals surface area contributed by atoms with Crippen LogP contribution in [0.25, 0.3) is 0 Å². The Balaban J connectivity index is 2.74. The molecule has 7 nitrogen and oxygen atoms in total. The zero-order valence-corrected chi connectivity index (χ0v) is 10.9. The fourth-order valence-electron chi connectivity index (χ4n) is 1.01. The van der Waals surface area contributed by atoms with E-state index in [1.807, 2.05) is 0 Å². The van der Waals surface area contributed by atoms with Gasteiger partial charge in [-0.15, -0.1) is 16.7 Å². The lowest BCUT2D eigenvalue weighted by atomic mass is 10.3. The molecule has 0 aromatic carbocycles. The van der Waals surface area contributed by atoms with Gasteiger partial charge in [-0.3, -0.25) is 4.79 Å². The van der Waals surface area contributed by atoms with E-state index >= 15 is 0 Å². The Morgan fingerprint density at radius 2 is 2.18 bits per heavy atom. The van der Waals surface area contributed by atoms with Gasteiger partial charge in [-0.05, 0) is 6.92 Å². The van der Waals surface area contributed by atoms with Gasteiger partial charge in [-0.1, -0.05) is 5.10 Å². The number of hydrogen-bond acceptors (Lipinski definition) is 6. The maximum absolute atomic E-state index is 11.2. The Labute approximate surface area is 103 Å². The number of nitrogens with zero attached hydrogens (tertiary/aromatic N) is 2. The molecule has 1 N–H and O–H groups in total. The van der Waals surface area contributed by atoms with E-state index in [1.54, 1.807) is 6.92 Å². The third-order valence-electron chi connectivity index (χ3n) is 1.81. The van der Waals surface area contributed by atoms with Gasteiger partial charge in [0.1, 0.15) is 6.04 Å².